The number of methoxy groups -OCH3 is 1. The molecule has 1 aliphatic heterocycles. The zero-order chi connectivity index (χ0) is 17.1. The number of amides is 1. The van der Waals surface area contributed by atoms with Gasteiger partial charge in [-0.15, -0.1) is 0 Å². The zero-order valence-electron chi connectivity index (χ0n) is 12.3. The highest BCUT2D eigenvalue weighted by Gasteiger charge is 2.27. The van der Waals surface area contributed by atoms with Crippen LogP contribution >= 0.6 is 28.1 Å². The molecule has 1 aliphatic rings. The highest BCUT2D eigenvalue weighted by Crippen LogP contribution is 2.34. The van der Waals surface area contributed by atoms with Crippen LogP contribution in [0.25, 0.3) is 6.08 Å². The van der Waals surface area contributed by atoms with E-state index in [-0.39, 0.29) is 11.7 Å². The second-order valence-corrected chi connectivity index (χ2v) is 5.80. The predicted octanol–water partition coefficient (Wildman–Crippen LogP) is 1.61. The molecule has 0 radical (unpaired) electrons. The van der Waals surface area contributed by atoms with Gasteiger partial charge in [-0.05, 0) is 36.0 Å². The molecule has 2 N–H and O–H groups in total. The Labute approximate surface area is 146 Å². The van der Waals surface area contributed by atoms with Crippen LogP contribution in [0.5, 0.6) is 11.5 Å². The Bertz CT molecular complexity index is 719. The molecule has 9 heteroatoms. The van der Waals surface area contributed by atoms with Crippen LogP contribution in [0.2, 0.25) is 0 Å². The van der Waals surface area contributed by atoms with E-state index >= 15 is 0 Å². The number of hydrogen-bond donors (Lipinski definition) is 2. The van der Waals surface area contributed by atoms with Crippen LogP contribution in [0.3, 0.4) is 0 Å². The van der Waals surface area contributed by atoms with Gasteiger partial charge in [0.25, 0.3) is 5.91 Å². The van der Waals surface area contributed by atoms with Crippen LogP contribution in [0.1, 0.15) is 5.56 Å². The first-order valence-corrected chi connectivity index (χ1v) is 7.56. The van der Waals surface area contributed by atoms with Gasteiger partial charge >= 0.3 is 5.97 Å². The monoisotopic (exact) mass is 400 g/mol. The molecule has 1 amide bonds. The molecule has 1 aromatic carbocycles. The molecule has 1 saturated heterocycles. The number of halogens is 1. The Kier molecular flexibility index (Phi) is 5.22. The SMILES string of the molecule is COc1cc(C=C2NC(=S)N(C)C2=O)c(Br)cc1OCC(=O)O. The molecular formula is C14H13BrN2O5S. The van der Waals surface area contributed by atoms with Gasteiger partial charge in [0.1, 0.15) is 5.70 Å². The smallest absolute Gasteiger partial charge is 0.341 e. The number of carboxylic acids is 1. The van der Waals surface area contributed by atoms with Gasteiger partial charge in [-0.1, -0.05) is 15.9 Å². The van der Waals surface area contributed by atoms with Crippen molar-refractivity contribution in [3.05, 3.63) is 27.9 Å². The molecule has 0 atom stereocenters. The number of thiocarbonyl (C=S) groups is 1. The van der Waals surface area contributed by atoms with Crippen molar-refractivity contribution >= 4 is 51.2 Å². The van der Waals surface area contributed by atoms with Gasteiger partial charge < -0.3 is 19.9 Å². The lowest BCUT2D eigenvalue weighted by Gasteiger charge is -2.11. The molecule has 122 valence electrons. The van der Waals surface area contributed by atoms with Crippen LogP contribution in [-0.2, 0) is 9.59 Å². The van der Waals surface area contributed by atoms with Crippen molar-refractivity contribution in [2.45, 2.75) is 0 Å². The number of likely N-dealkylation sites (N-methyl/N-ethyl adjacent to an activating group) is 1. The summed E-state index contributed by atoms with van der Waals surface area (Å²) < 4.78 is 11.0. The van der Waals surface area contributed by atoms with E-state index in [0.29, 0.717) is 26.6 Å². The van der Waals surface area contributed by atoms with Crippen molar-refractivity contribution in [2.75, 3.05) is 20.8 Å². The molecule has 0 spiro atoms. The zero-order valence-corrected chi connectivity index (χ0v) is 14.7. The number of carboxylic acid groups (broad SMARTS) is 1. The molecule has 1 fully saturated rings. The normalized spacial score (nSPS) is 15.8. The van der Waals surface area contributed by atoms with Crippen LogP contribution < -0.4 is 14.8 Å². The number of benzene rings is 1. The van der Waals surface area contributed by atoms with E-state index in [1.165, 1.54) is 12.0 Å². The maximum absolute atomic E-state index is 12.0. The minimum Gasteiger partial charge on any atom is -0.493 e. The number of ether oxygens (including phenoxy) is 2. The van der Waals surface area contributed by atoms with E-state index in [0.717, 1.165) is 0 Å². The van der Waals surface area contributed by atoms with E-state index in [1.807, 2.05) is 0 Å². The standard InChI is InChI=1S/C14H13BrN2O5S/c1-17-13(20)9(16-14(17)23)3-7-4-10(21-2)11(5-8(7)15)22-6-12(18)19/h3-5H,6H2,1-2H3,(H,16,23)(H,18,19). The third kappa shape index (κ3) is 3.80. The molecular weight excluding hydrogens is 388 g/mol. The van der Waals surface area contributed by atoms with E-state index in [4.69, 9.17) is 26.8 Å². The molecule has 0 saturated carbocycles. The average molecular weight is 401 g/mol. The summed E-state index contributed by atoms with van der Waals surface area (Å²) in [7, 11) is 3.02. The Morgan fingerprint density at radius 2 is 2.17 bits per heavy atom. The summed E-state index contributed by atoms with van der Waals surface area (Å²) in [4.78, 5) is 23.9. The van der Waals surface area contributed by atoms with Crippen molar-refractivity contribution in [1.29, 1.82) is 0 Å². The van der Waals surface area contributed by atoms with Gasteiger partial charge in [0.05, 0.1) is 7.11 Å². The molecule has 0 aromatic heterocycles. The number of rotatable bonds is 5. The van der Waals surface area contributed by atoms with E-state index in [2.05, 4.69) is 21.2 Å². The first kappa shape index (κ1) is 17.2. The number of nitrogens with one attached hydrogen (secondary N) is 1. The summed E-state index contributed by atoms with van der Waals surface area (Å²) >= 11 is 8.38. The lowest BCUT2D eigenvalue weighted by Crippen LogP contribution is -2.25. The van der Waals surface area contributed by atoms with Gasteiger partial charge in [-0.2, -0.15) is 0 Å². The molecule has 7 nitrogen and oxygen atoms in total. The van der Waals surface area contributed by atoms with Crippen molar-refractivity contribution in [3.8, 4) is 11.5 Å². The highest BCUT2D eigenvalue weighted by molar-refractivity contribution is 9.10. The summed E-state index contributed by atoms with van der Waals surface area (Å²) in [5, 5.41) is 11.8. The van der Waals surface area contributed by atoms with Crippen molar-refractivity contribution in [2.24, 2.45) is 0 Å². The number of hydrogen-bond acceptors (Lipinski definition) is 5. The highest BCUT2D eigenvalue weighted by atomic mass is 79.9. The largest absolute Gasteiger partial charge is 0.493 e. The Hall–Kier alpha value is -2.13. The molecule has 2 rings (SSSR count). The summed E-state index contributed by atoms with van der Waals surface area (Å²) in [6, 6.07) is 3.21. The quantitative estimate of drug-likeness (QED) is 0.573. The first-order valence-electron chi connectivity index (χ1n) is 6.36. The molecule has 0 aliphatic carbocycles. The molecule has 1 aromatic rings. The third-order valence-electron chi connectivity index (χ3n) is 3.02. The number of carbonyl (C=O) groups excluding carboxylic acids is 1. The molecule has 1 heterocycles. The summed E-state index contributed by atoms with van der Waals surface area (Å²) in [6.45, 7) is -0.484. The summed E-state index contributed by atoms with van der Waals surface area (Å²) in [5.41, 5.74) is 0.984. The number of carbonyl (C=O) groups is 2. The predicted molar refractivity (Wildman–Crippen MR) is 90.3 cm³/mol. The molecule has 0 bridgehead atoms. The fourth-order valence-corrected chi connectivity index (χ4v) is 2.48. The number of nitrogens with zero attached hydrogens (tertiary/aromatic N) is 1. The van der Waals surface area contributed by atoms with E-state index < -0.39 is 12.6 Å². The fourth-order valence-electron chi connectivity index (χ4n) is 1.85. The molecule has 23 heavy (non-hydrogen) atoms. The maximum atomic E-state index is 12.0. The molecule has 0 unspecified atom stereocenters. The van der Waals surface area contributed by atoms with Crippen molar-refractivity contribution in [3.63, 3.8) is 0 Å². The summed E-state index contributed by atoms with van der Waals surface area (Å²) in [5.74, 6) is -0.705. The minimum atomic E-state index is -1.09. The Morgan fingerprint density at radius 3 is 2.70 bits per heavy atom. The van der Waals surface area contributed by atoms with Gasteiger partial charge in [-0.25, -0.2) is 4.79 Å². The van der Waals surface area contributed by atoms with Crippen LogP contribution in [0, 0.1) is 0 Å². The van der Waals surface area contributed by atoms with Gasteiger partial charge in [0.15, 0.2) is 23.2 Å². The second-order valence-electron chi connectivity index (χ2n) is 4.56. The lowest BCUT2D eigenvalue weighted by molar-refractivity contribution is -0.139. The third-order valence-corrected chi connectivity index (χ3v) is 4.08. The first-order chi connectivity index (χ1) is 10.8. The van der Waals surface area contributed by atoms with E-state index in [9.17, 15) is 9.59 Å². The van der Waals surface area contributed by atoms with Gasteiger partial charge in [0.2, 0.25) is 0 Å². The Morgan fingerprint density at radius 1 is 1.48 bits per heavy atom. The number of aliphatic carboxylic acids is 1. The lowest BCUT2D eigenvalue weighted by atomic mass is 10.1. The van der Waals surface area contributed by atoms with Crippen molar-refractivity contribution in [1.82, 2.24) is 10.2 Å². The Balaban J connectivity index is 2.35. The minimum absolute atomic E-state index is 0.243. The fraction of sp³-hybridized carbons (Fsp3) is 0.214. The topological polar surface area (TPSA) is 88.1 Å². The summed E-state index contributed by atoms with van der Waals surface area (Å²) in [6.07, 6.45) is 1.62. The van der Waals surface area contributed by atoms with Crippen LogP contribution in [0.15, 0.2) is 22.3 Å². The van der Waals surface area contributed by atoms with Crippen LogP contribution in [-0.4, -0.2) is 47.8 Å². The van der Waals surface area contributed by atoms with Gasteiger partial charge in [0, 0.05) is 11.5 Å². The van der Waals surface area contributed by atoms with Crippen LogP contribution in [0.4, 0.5) is 0 Å². The van der Waals surface area contributed by atoms with Crippen molar-refractivity contribution < 1.29 is 24.2 Å². The maximum Gasteiger partial charge on any atom is 0.341 e. The van der Waals surface area contributed by atoms with Gasteiger partial charge in [-0.3, -0.25) is 9.69 Å². The second kappa shape index (κ2) is 6.97. The average Bonchev–Trinajstić information content (AvgIpc) is 2.74. The van der Waals surface area contributed by atoms with E-state index in [1.54, 1.807) is 25.3 Å².